The zero-order valence-electron chi connectivity index (χ0n) is 36.5. The van der Waals surface area contributed by atoms with Crippen LogP contribution in [0.5, 0.6) is 17.2 Å². The normalized spacial score (nSPS) is 11.2. The Morgan fingerprint density at radius 1 is 0.627 bits per heavy atom. The Bertz CT molecular complexity index is 2940. The first-order valence-electron chi connectivity index (χ1n) is 19.8. The third-order valence-electron chi connectivity index (χ3n) is 9.93. The average molecular weight is 1010 g/mol. The zero-order chi connectivity index (χ0) is 47.8. The van der Waals surface area contributed by atoms with Gasteiger partial charge in [-0.05, 0) is 76.6 Å². The van der Waals surface area contributed by atoms with Gasteiger partial charge in [0.05, 0.1) is 45.7 Å². The second kappa shape index (κ2) is 21.3. The summed E-state index contributed by atoms with van der Waals surface area (Å²) in [7, 11) is 0. The largest absolute Gasteiger partial charge is 2.00 e. The fourth-order valence-electron chi connectivity index (χ4n) is 6.71. The van der Waals surface area contributed by atoms with E-state index in [0.29, 0.717) is 41.4 Å². The summed E-state index contributed by atoms with van der Waals surface area (Å²) in [6.07, 6.45) is 0.0244. The molecule has 0 saturated heterocycles. The molecule has 0 spiro atoms. The number of hydrogen-bond acceptors (Lipinski definition) is 12. The second-order valence-corrected chi connectivity index (χ2v) is 16.6. The predicted octanol–water partition coefficient (Wildman–Crippen LogP) is 10.3. The van der Waals surface area contributed by atoms with Crippen LogP contribution in [0.25, 0.3) is 67.1 Å². The fraction of sp³-hybridized carbons (Fsp3) is 0.188. The smallest absolute Gasteiger partial charge is 0.753 e. The number of hydrogen-bond donors (Lipinski definition) is 0. The summed E-state index contributed by atoms with van der Waals surface area (Å²) in [6.45, 7) is 14.1. The van der Waals surface area contributed by atoms with E-state index >= 15 is 0 Å². The van der Waals surface area contributed by atoms with Crippen LogP contribution in [0, 0.1) is 0 Å². The summed E-state index contributed by atoms with van der Waals surface area (Å²) in [5, 5.41) is 17.7. The van der Waals surface area contributed by atoms with Crippen molar-refractivity contribution >= 4 is 58.6 Å². The van der Waals surface area contributed by atoms with Gasteiger partial charge in [0.1, 0.15) is 22.9 Å². The van der Waals surface area contributed by atoms with Crippen molar-refractivity contribution in [1.29, 1.82) is 0 Å². The van der Waals surface area contributed by atoms with E-state index in [1.807, 2.05) is 6.07 Å². The molecule has 6 aromatic heterocycles. The molecule has 0 unspecified atom stereocenters. The van der Waals surface area contributed by atoms with E-state index in [1.165, 1.54) is 65.1 Å². The van der Waals surface area contributed by atoms with Crippen LogP contribution in [0.15, 0.2) is 110 Å². The van der Waals surface area contributed by atoms with Gasteiger partial charge in [-0.2, -0.15) is 18.3 Å². The Kier molecular flexibility index (Phi) is 16.1. The average Bonchev–Trinajstić information content (AvgIpc) is 3.91. The van der Waals surface area contributed by atoms with Gasteiger partial charge >= 0.3 is 25.7 Å². The number of carbonyl (C=O) groups is 3. The number of rotatable bonds is 10. The van der Waals surface area contributed by atoms with Gasteiger partial charge in [-0.25, -0.2) is 4.98 Å². The van der Waals surface area contributed by atoms with E-state index < -0.39 is 11.9 Å². The molecule has 0 bridgehead atoms. The van der Waals surface area contributed by atoms with Gasteiger partial charge in [-0.15, -0.1) is 0 Å². The third kappa shape index (κ3) is 12.1. The van der Waals surface area contributed by atoms with Crippen LogP contribution in [0.3, 0.4) is 0 Å². The van der Waals surface area contributed by atoms with Crippen molar-refractivity contribution in [3.8, 4) is 57.1 Å². The van der Waals surface area contributed by atoms with E-state index in [2.05, 4.69) is 125 Å². The summed E-state index contributed by atoms with van der Waals surface area (Å²) in [6, 6.07) is 26.6. The van der Waals surface area contributed by atoms with Gasteiger partial charge in [0.2, 0.25) is 0 Å². The van der Waals surface area contributed by atoms with Crippen LogP contribution in [0.4, 0.5) is 13.2 Å². The first-order valence-corrected chi connectivity index (χ1v) is 20.2. The van der Waals surface area contributed by atoms with Crippen molar-refractivity contribution in [2.24, 2.45) is 0 Å². The summed E-state index contributed by atoms with van der Waals surface area (Å²) >= 11 is 3.70. The zero-order valence-corrected chi connectivity index (χ0v) is 39.1. The quantitative estimate of drug-likeness (QED) is 0.0546. The van der Waals surface area contributed by atoms with Crippen LogP contribution < -0.4 is 19.3 Å². The van der Waals surface area contributed by atoms with Crippen molar-refractivity contribution < 1.29 is 61.2 Å². The maximum absolute atomic E-state index is 12.9. The van der Waals surface area contributed by atoms with Gasteiger partial charge in [-0.3, -0.25) is 29.3 Å². The molecule has 342 valence electrons. The number of carbonyl (C=O) groups excluding carboxylic acids is 3. The minimum Gasteiger partial charge on any atom is -0.753 e. The number of aromatic nitrogens is 7. The molecule has 8 rings (SSSR count). The molecule has 67 heavy (non-hydrogen) atoms. The molecule has 0 saturated carbocycles. The molecule has 2 aromatic carbocycles. The predicted molar refractivity (Wildman–Crippen MR) is 244 cm³/mol. The minimum absolute atomic E-state index is 0. The van der Waals surface area contributed by atoms with Gasteiger partial charge < -0.3 is 34.4 Å². The number of alkyl halides is 3. The number of benzene rings is 2. The SMILES string of the molecule is CC(C)(C)c1ccc2c(c1)c1cc(C(C)(C)C)ccc1n2-c1ccc(-c2cc(C(F)(F)F)n[n-]2)nc1.O=COc1ccnc(-c2cc(OC=O)cc(-c3cc(OC=O)ccn3)n2)c1.[N-]=C=S.[Ru+2]. The summed E-state index contributed by atoms with van der Waals surface area (Å²) in [5.74, 6) is 0.760. The Balaban J connectivity index is 0.000000242. The topological polar surface area (TPSA) is 185 Å². The van der Waals surface area contributed by atoms with Crippen molar-refractivity contribution in [2.45, 2.75) is 58.5 Å². The maximum atomic E-state index is 12.9. The number of fused-ring (bicyclic) bond motifs is 3. The second-order valence-electron chi connectivity index (χ2n) is 16.4. The van der Waals surface area contributed by atoms with Crippen molar-refractivity contribution in [3.05, 3.63) is 132 Å². The van der Waals surface area contributed by atoms with Gasteiger partial charge in [0.15, 0.2) is 0 Å². The molecule has 0 aliphatic rings. The number of isothiocyanates is 1. The molecule has 14 nitrogen and oxygen atoms in total. The molecule has 0 N–H and O–H groups in total. The Morgan fingerprint density at radius 2 is 1.09 bits per heavy atom. The Morgan fingerprint density at radius 3 is 1.49 bits per heavy atom. The third-order valence-corrected chi connectivity index (χ3v) is 9.93. The van der Waals surface area contributed by atoms with Crippen molar-refractivity contribution in [2.75, 3.05) is 0 Å². The summed E-state index contributed by atoms with van der Waals surface area (Å²) in [5.41, 5.74) is 6.31. The van der Waals surface area contributed by atoms with Crippen LogP contribution in [-0.4, -0.2) is 54.2 Å². The molecule has 0 aliphatic carbocycles. The van der Waals surface area contributed by atoms with Crippen LogP contribution in [-0.2, 0) is 50.9 Å². The van der Waals surface area contributed by atoms with E-state index in [0.717, 1.165) is 33.6 Å². The van der Waals surface area contributed by atoms with Crippen LogP contribution in [0.1, 0.15) is 58.4 Å². The number of nitrogens with zero attached hydrogens (tertiary/aromatic N) is 8. The number of pyridine rings is 4. The number of ether oxygens (including phenoxy) is 3. The Labute approximate surface area is 400 Å². The standard InChI is InChI=1S/C29H28F3N4.C18H11N3O6.CNS.Ru/c1-27(2,3)17-7-11-24-20(13-17)21-14-18(28(4,5)6)8-12-25(21)36(24)19-9-10-22(33-16-19)23-15-26(35-34-23)29(30,31)32;22-9-25-12-1-3-19-15(5-12)17-7-14(27-11-24)8-18(21-17)16-6-13(26-10-23)2-4-20-16;2-1-3;/h7-16H,1-6H3;1-11H;;/q-1;;-1;+2. The van der Waals surface area contributed by atoms with Gasteiger partial charge in [-0.1, -0.05) is 71.6 Å². The summed E-state index contributed by atoms with van der Waals surface area (Å²) in [4.78, 5) is 49.1. The van der Waals surface area contributed by atoms with E-state index in [1.54, 1.807) is 12.3 Å². The minimum atomic E-state index is -4.54. The first-order chi connectivity index (χ1) is 31.4. The fourth-order valence-corrected chi connectivity index (χ4v) is 6.71. The molecule has 0 radical (unpaired) electrons. The van der Waals surface area contributed by atoms with Crippen LogP contribution in [0.2, 0.25) is 0 Å². The Hall–Kier alpha value is -7.33. The maximum Gasteiger partial charge on any atom is 2.00 e. The van der Waals surface area contributed by atoms with Crippen LogP contribution >= 0.6 is 12.2 Å². The summed E-state index contributed by atoms with van der Waals surface area (Å²) < 4.78 is 55.5. The molecule has 0 atom stereocenters. The van der Waals surface area contributed by atoms with Gasteiger partial charge in [0.25, 0.3) is 19.4 Å². The van der Waals surface area contributed by atoms with Gasteiger partial charge in [0, 0.05) is 53.1 Å². The number of halogens is 3. The van der Waals surface area contributed by atoms with Crippen molar-refractivity contribution in [1.82, 2.24) is 34.7 Å². The van der Waals surface area contributed by atoms with E-state index in [9.17, 15) is 27.6 Å². The molecule has 6 heterocycles. The first kappa shape index (κ1) is 50.7. The van der Waals surface area contributed by atoms with E-state index in [4.69, 9.17) is 19.6 Å². The molecule has 0 fully saturated rings. The number of thiocarbonyl (C=S) groups is 1. The monoisotopic (exact) mass is 1010 g/mol. The molecule has 8 aromatic rings. The van der Waals surface area contributed by atoms with E-state index in [-0.39, 0.29) is 59.7 Å². The molecule has 0 amide bonds. The molecular formula is C48H39F3N8O6RuS. The van der Waals surface area contributed by atoms with Crippen molar-refractivity contribution in [3.63, 3.8) is 0 Å². The molecule has 0 aliphatic heterocycles. The molecular weight excluding hydrogens is 975 g/mol. The molecule has 19 heteroatoms.